The van der Waals surface area contributed by atoms with Crippen LogP contribution in [0.3, 0.4) is 0 Å². The second-order valence-electron chi connectivity index (χ2n) is 5.43. The van der Waals surface area contributed by atoms with Gasteiger partial charge in [-0.2, -0.15) is 0 Å². The van der Waals surface area contributed by atoms with E-state index in [1.165, 1.54) is 0 Å². The van der Waals surface area contributed by atoms with Gasteiger partial charge in [0.25, 0.3) is 0 Å². The molecule has 0 saturated heterocycles. The molecule has 0 heterocycles. The van der Waals surface area contributed by atoms with Crippen LogP contribution in [-0.2, 0) is 6.42 Å². The van der Waals surface area contributed by atoms with Crippen LogP contribution in [0.1, 0.15) is 46.1 Å². The summed E-state index contributed by atoms with van der Waals surface area (Å²) in [5.74, 6) is -0.178. The third-order valence-corrected chi connectivity index (χ3v) is 3.45. The molecular weight excluding hydrogens is 239 g/mol. The van der Waals surface area contributed by atoms with E-state index in [0.717, 1.165) is 37.1 Å². The second kappa shape index (κ2) is 7.49. The van der Waals surface area contributed by atoms with Crippen LogP contribution in [-0.4, -0.2) is 18.6 Å². The van der Waals surface area contributed by atoms with Crippen LogP contribution in [0.4, 0.5) is 10.1 Å². The van der Waals surface area contributed by atoms with Gasteiger partial charge in [0.15, 0.2) is 0 Å². The van der Waals surface area contributed by atoms with Crippen LogP contribution in [0.5, 0.6) is 0 Å². The van der Waals surface area contributed by atoms with Crippen molar-refractivity contribution in [3.63, 3.8) is 0 Å². The maximum Gasteiger partial charge on any atom is 0.123 e. The summed E-state index contributed by atoms with van der Waals surface area (Å²) < 4.78 is 13.5. The Labute approximate surface area is 116 Å². The molecular formula is C16H27FN2. The lowest BCUT2D eigenvalue weighted by Gasteiger charge is -2.31. The SMILES string of the molecule is CCCN(c1ccc(F)cc1CC(N)CC)C(C)C. The molecule has 0 aromatic heterocycles. The van der Waals surface area contributed by atoms with Crippen LogP contribution < -0.4 is 10.6 Å². The summed E-state index contributed by atoms with van der Waals surface area (Å²) in [7, 11) is 0. The lowest BCUT2D eigenvalue weighted by Crippen LogP contribution is -2.33. The Hall–Kier alpha value is -1.09. The molecule has 19 heavy (non-hydrogen) atoms. The van der Waals surface area contributed by atoms with Gasteiger partial charge in [0.1, 0.15) is 5.82 Å². The second-order valence-corrected chi connectivity index (χ2v) is 5.43. The number of hydrogen-bond acceptors (Lipinski definition) is 2. The third-order valence-electron chi connectivity index (χ3n) is 3.45. The molecule has 1 atom stereocenters. The van der Waals surface area contributed by atoms with Gasteiger partial charge < -0.3 is 10.6 Å². The van der Waals surface area contributed by atoms with Gasteiger partial charge in [-0.3, -0.25) is 0 Å². The summed E-state index contributed by atoms with van der Waals surface area (Å²) in [6, 6.07) is 5.57. The lowest BCUT2D eigenvalue weighted by molar-refractivity contribution is 0.607. The Balaban J connectivity index is 3.09. The average Bonchev–Trinajstić information content (AvgIpc) is 2.36. The molecule has 0 saturated carbocycles. The molecule has 0 radical (unpaired) electrons. The maximum absolute atomic E-state index is 13.5. The van der Waals surface area contributed by atoms with E-state index in [1.54, 1.807) is 12.1 Å². The van der Waals surface area contributed by atoms with E-state index in [0.29, 0.717) is 6.04 Å². The van der Waals surface area contributed by atoms with E-state index in [4.69, 9.17) is 5.73 Å². The highest BCUT2D eigenvalue weighted by atomic mass is 19.1. The molecule has 0 bridgehead atoms. The molecule has 0 aliphatic heterocycles. The summed E-state index contributed by atoms with van der Waals surface area (Å²) in [5.41, 5.74) is 8.18. The van der Waals surface area contributed by atoms with E-state index in [1.807, 2.05) is 6.07 Å². The van der Waals surface area contributed by atoms with Crippen LogP contribution in [0.25, 0.3) is 0 Å². The van der Waals surface area contributed by atoms with E-state index in [-0.39, 0.29) is 11.9 Å². The van der Waals surface area contributed by atoms with Gasteiger partial charge in [0, 0.05) is 24.3 Å². The van der Waals surface area contributed by atoms with E-state index in [2.05, 4.69) is 32.6 Å². The predicted molar refractivity (Wildman–Crippen MR) is 81.1 cm³/mol. The van der Waals surface area contributed by atoms with Crippen LogP contribution in [0.15, 0.2) is 18.2 Å². The van der Waals surface area contributed by atoms with Crippen molar-refractivity contribution in [2.24, 2.45) is 5.73 Å². The number of nitrogens with two attached hydrogens (primary N) is 1. The Morgan fingerprint density at radius 3 is 2.47 bits per heavy atom. The molecule has 2 nitrogen and oxygen atoms in total. The van der Waals surface area contributed by atoms with Gasteiger partial charge in [-0.25, -0.2) is 4.39 Å². The Bertz CT molecular complexity index is 390. The average molecular weight is 266 g/mol. The molecule has 0 spiro atoms. The number of hydrogen-bond donors (Lipinski definition) is 1. The molecule has 0 amide bonds. The zero-order valence-electron chi connectivity index (χ0n) is 12.6. The quantitative estimate of drug-likeness (QED) is 0.814. The summed E-state index contributed by atoms with van der Waals surface area (Å²) >= 11 is 0. The molecule has 2 N–H and O–H groups in total. The van der Waals surface area contributed by atoms with Crippen molar-refractivity contribution in [2.45, 2.75) is 59.0 Å². The standard InChI is InChI=1S/C16H27FN2/c1-5-9-19(12(3)4)16-8-7-14(17)10-13(16)11-15(18)6-2/h7-8,10,12,15H,5-6,9,11,18H2,1-4H3. The minimum Gasteiger partial charge on any atom is -0.369 e. The van der Waals surface area contributed by atoms with Crippen molar-refractivity contribution < 1.29 is 4.39 Å². The summed E-state index contributed by atoms with van der Waals surface area (Å²) in [6.45, 7) is 9.55. The summed E-state index contributed by atoms with van der Waals surface area (Å²) in [6.07, 6.45) is 2.72. The monoisotopic (exact) mass is 266 g/mol. The topological polar surface area (TPSA) is 29.3 Å². The van der Waals surface area contributed by atoms with Crippen molar-refractivity contribution in [2.75, 3.05) is 11.4 Å². The van der Waals surface area contributed by atoms with Crippen molar-refractivity contribution in [1.82, 2.24) is 0 Å². The molecule has 0 aliphatic carbocycles. The molecule has 1 aromatic carbocycles. The first-order valence-electron chi connectivity index (χ1n) is 7.30. The van der Waals surface area contributed by atoms with Crippen LogP contribution in [0, 0.1) is 5.82 Å². The van der Waals surface area contributed by atoms with Gasteiger partial charge >= 0.3 is 0 Å². The fourth-order valence-corrected chi connectivity index (χ4v) is 2.32. The zero-order valence-corrected chi connectivity index (χ0v) is 12.6. The van der Waals surface area contributed by atoms with Gasteiger partial charge in [-0.05, 0) is 56.9 Å². The fourth-order valence-electron chi connectivity index (χ4n) is 2.32. The highest BCUT2D eigenvalue weighted by Gasteiger charge is 2.15. The van der Waals surface area contributed by atoms with Gasteiger partial charge in [-0.15, -0.1) is 0 Å². The molecule has 108 valence electrons. The van der Waals surface area contributed by atoms with Crippen molar-refractivity contribution in [1.29, 1.82) is 0 Å². The van der Waals surface area contributed by atoms with Crippen LogP contribution >= 0.6 is 0 Å². The first-order chi connectivity index (χ1) is 8.99. The smallest absolute Gasteiger partial charge is 0.123 e. The molecule has 3 heteroatoms. The van der Waals surface area contributed by atoms with Crippen molar-refractivity contribution in [3.8, 4) is 0 Å². The molecule has 1 aromatic rings. The first-order valence-corrected chi connectivity index (χ1v) is 7.30. The molecule has 0 fully saturated rings. The Kier molecular flexibility index (Phi) is 6.29. The number of benzene rings is 1. The minimum atomic E-state index is -0.178. The molecule has 1 unspecified atom stereocenters. The number of anilines is 1. The van der Waals surface area contributed by atoms with Crippen LogP contribution in [0.2, 0.25) is 0 Å². The number of rotatable bonds is 7. The predicted octanol–water partition coefficient (Wildman–Crippen LogP) is 3.73. The van der Waals surface area contributed by atoms with Gasteiger partial charge in [0.05, 0.1) is 0 Å². The van der Waals surface area contributed by atoms with E-state index in [9.17, 15) is 4.39 Å². The number of halogens is 1. The zero-order chi connectivity index (χ0) is 14.4. The normalized spacial score (nSPS) is 12.8. The molecule has 1 rings (SSSR count). The largest absolute Gasteiger partial charge is 0.369 e. The Morgan fingerprint density at radius 1 is 1.26 bits per heavy atom. The number of nitrogens with zero attached hydrogens (tertiary/aromatic N) is 1. The third kappa shape index (κ3) is 4.50. The van der Waals surface area contributed by atoms with Gasteiger partial charge in [0.2, 0.25) is 0 Å². The molecule has 0 aliphatic rings. The van der Waals surface area contributed by atoms with Crippen molar-refractivity contribution >= 4 is 5.69 Å². The first kappa shape index (κ1) is 16.0. The summed E-state index contributed by atoms with van der Waals surface area (Å²) in [5, 5.41) is 0. The Morgan fingerprint density at radius 2 is 1.95 bits per heavy atom. The highest BCUT2D eigenvalue weighted by molar-refractivity contribution is 5.54. The maximum atomic E-state index is 13.5. The van der Waals surface area contributed by atoms with E-state index < -0.39 is 0 Å². The lowest BCUT2D eigenvalue weighted by atomic mass is 10.0. The van der Waals surface area contributed by atoms with Gasteiger partial charge in [-0.1, -0.05) is 13.8 Å². The highest BCUT2D eigenvalue weighted by Crippen LogP contribution is 2.25. The minimum absolute atomic E-state index is 0.0937. The van der Waals surface area contributed by atoms with Crippen molar-refractivity contribution in [3.05, 3.63) is 29.6 Å². The fraction of sp³-hybridized carbons (Fsp3) is 0.625. The summed E-state index contributed by atoms with van der Waals surface area (Å²) in [4.78, 5) is 2.33. The van der Waals surface area contributed by atoms with E-state index >= 15 is 0 Å².